The molecule has 0 amide bonds. The second kappa shape index (κ2) is 8.05. The fraction of sp³-hybridized carbons (Fsp3) is 0.167. The maximum absolute atomic E-state index is 13.0. The minimum absolute atomic E-state index is 0.0101. The molecular weight excluding hydrogens is 426 g/mol. The van der Waals surface area contributed by atoms with Crippen LogP contribution in [0.2, 0.25) is 0 Å². The first kappa shape index (κ1) is 20.1. The molecule has 2 aliphatic rings. The smallest absolute Gasteiger partial charge is 0.269 e. The third-order valence-electron chi connectivity index (χ3n) is 5.73. The summed E-state index contributed by atoms with van der Waals surface area (Å²) in [6.45, 7) is 0. The van der Waals surface area contributed by atoms with Crippen molar-refractivity contribution in [2.45, 2.75) is 25.2 Å². The number of Topliss-reactive ketones (excluding diaryl/α,β-unsaturated/α-hetero) is 1. The van der Waals surface area contributed by atoms with Gasteiger partial charge in [-0.15, -0.1) is 11.3 Å². The van der Waals surface area contributed by atoms with Crippen LogP contribution in [0.25, 0.3) is 16.8 Å². The van der Waals surface area contributed by atoms with Crippen LogP contribution in [0.15, 0.2) is 77.2 Å². The lowest BCUT2D eigenvalue weighted by molar-refractivity contribution is -0.384. The lowest BCUT2D eigenvalue weighted by atomic mass is 9.77. The second-order valence-corrected chi connectivity index (χ2v) is 8.54. The Bertz CT molecular complexity index is 1280. The van der Waals surface area contributed by atoms with Gasteiger partial charge in [0.25, 0.3) is 5.69 Å². The average molecular weight is 446 g/mol. The summed E-state index contributed by atoms with van der Waals surface area (Å²) in [5.41, 5.74) is 10.1. The Morgan fingerprint density at radius 2 is 1.81 bits per heavy atom. The summed E-state index contributed by atoms with van der Waals surface area (Å²) >= 11 is 1.43. The minimum Gasteiger partial charge on any atom is -0.445 e. The summed E-state index contributed by atoms with van der Waals surface area (Å²) in [5.74, 6) is 0.336. The molecule has 0 fully saturated rings. The van der Waals surface area contributed by atoms with E-state index in [-0.39, 0.29) is 17.4 Å². The van der Waals surface area contributed by atoms with E-state index < -0.39 is 10.8 Å². The average Bonchev–Trinajstić information content (AvgIpc) is 3.29. The molecule has 5 rings (SSSR count). The number of thiazole rings is 1. The van der Waals surface area contributed by atoms with E-state index in [9.17, 15) is 14.9 Å². The van der Waals surface area contributed by atoms with Crippen molar-refractivity contribution in [2.24, 2.45) is 5.73 Å². The molecule has 1 aliphatic heterocycles. The summed E-state index contributed by atoms with van der Waals surface area (Å²) in [5, 5.41) is 13.7. The molecule has 0 spiro atoms. The van der Waals surface area contributed by atoms with E-state index in [1.54, 1.807) is 12.1 Å². The SMILES string of the molecule is NC1=C(c2nc(-c3ccccc3)cs2)[C@H](c2ccc([N+](=O)[O-])cc2)C2=C(CCCC2=O)O1. The first-order chi connectivity index (χ1) is 15.5. The Morgan fingerprint density at radius 3 is 2.53 bits per heavy atom. The van der Waals surface area contributed by atoms with Crippen molar-refractivity contribution in [3.05, 3.63) is 97.9 Å². The maximum Gasteiger partial charge on any atom is 0.269 e. The fourth-order valence-electron chi connectivity index (χ4n) is 4.23. The van der Waals surface area contributed by atoms with Crippen molar-refractivity contribution < 1.29 is 14.5 Å². The Hall–Kier alpha value is -3.78. The number of nitrogens with zero attached hydrogens (tertiary/aromatic N) is 2. The van der Waals surface area contributed by atoms with Gasteiger partial charge in [0.2, 0.25) is 0 Å². The summed E-state index contributed by atoms with van der Waals surface area (Å²) < 4.78 is 5.93. The summed E-state index contributed by atoms with van der Waals surface area (Å²) in [6, 6.07) is 16.1. The standard InChI is InChI=1S/C24H19N3O4S/c25-23-22(24-26-17(13-32-24)14-5-2-1-3-6-14)20(15-9-11-16(12-10-15)27(29)30)21-18(28)7-4-8-19(21)31-23/h1-3,5-6,9-13,20H,4,7-8,25H2/t20-/m1/s1. The van der Waals surface area contributed by atoms with Crippen molar-refractivity contribution in [3.8, 4) is 11.3 Å². The minimum atomic E-state index is -0.484. The van der Waals surface area contributed by atoms with Crippen LogP contribution in [-0.4, -0.2) is 15.7 Å². The summed E-state index contributed by atoms with van der Waals surface area (Å²) in [7, 11) is 0. The van der Waals surface area contributed by atoms with Gasteiger partial charge in [-0.3, -0.25) is 14.9 Å². The number of hydrogen-bond donors (Lipinski definition) is 1. The van der Waals surface area contributed by atoms with Gasteiger partial charge in [-0.25, -0.2) is 4.98 Å². The van der Waals surface area contributed by atoms with Gasteiger partial charge >= 0.3 is 0 Å². The monoisotopic (exact) mass is 445 g/mol. The Kier molecular flexibility index (Phi) is 5.07. The molecule has 0 saturated heterocycles. The zero-order valence-corrected chi connectivity index (χ0v) is 17.8. The number of allylic oxidation sites excluding steroid dienone is 3. The number of carbonyl (C=O) groups is 1. The summed E-state index contributed by atoms with van der Waals surface area (Å²) in [6.07, 6.45) is 1.78. The number of ketones is 1. The molecule has 160 valence electrons. The molecule has 2 aromatic carbocycles. The van der Waals surface area contributed by atoms with Crippen LogP contribution >= 0.6 is 11.3 Å². The van der Waals surface area contributed by atoms with Crippen molar-refractivity contribution >= 4 is 28.4 Å². The molecule has 1 aromatic heterocycles. The Balaban J connectivity index is 1.64. The molecule has 0 saturated carbocycles. The quantitative estimate of drug-likeness (QED) is 0.439. The van der Waals surface area contributed by atoms with Gasteiger partial charge in [-0.05, 0) is 12.0 Å². The predicted molar refractivity (Wildman–Crippen MR) is 121 cm³/mol. The van der Waals surface area contributed by atoms with Gasteiger partial charge in [0, 0.05) is 47.4 Å². The molecule has 0 radical (unpaired) electrons. The van der Waals surface area contributed by atoms with Crippen molar-refractivity contribution in [1.82, 2.24) is 4.98 Å². The highest BCUT2D eigenvalue weighted by Crippen LogP contribution is 2.48. The molecule has 8 heteroatoms. The fourth-order valence-corrected chi connectivity index (χ4v) is 5.13. The first-order valence-electron chi connectivity index (χ1n) is 10.2. The lowest BCUT2D eigenvalue weighted by Gasteiger charge is -2.32. The van der Waals surface area contributed by atoms with Crippen LogP contribution in [-0.2, 0) is 9.53 Å². The number of benzene rings is 2. The number of aromatic nitrogens is 1. The molecule has 1 atom stereocenters. The molecular formula is C24H19N3O4S. The Labute approximate surface area is 188 Å². The van der Waals surface area contributed by atoms with Crippen LogP contribution in [0, 0.1) is 10.1 Å². The van der Waals surface area contributed by atoms with Crippen LogP contribution in [0.3, 0.4) is 0 Å². The van der Waals surface area contributed by atoms with E-state index in [1.165, 1.54) is 23.5 Å². The van der Waals surface area contributed by atoms with Gasteiger partial charge in [0.15, 0.2) is 11.7 Å². The lowest BCUT2D eigenvalue weighted by Crippen LogP contribution is -2.27. The summed E-state index contributed by atoms with van der Waals surface area (Å²) in [4.78, 5) is 28.5. The zero-order valence-electron chi connectivity index (χ0n) is 17.0. The van der Waals surface area contributed by atoms with Crippen LogP contribution in [0.1, 0.15) is 35.8 Å². The normalized spacial score (nSPS) is 18.4. The Morgan fingerprint density at radius 1 is 1.06 bits per heavy atom. The number of nitro groups is 1. The van der Waals surface area contributed by atoms with E-state index in [1.807, 2.05) is 35.7 Å². The highest BCUT2D eigenvalue weighted by molar-refractivity contribution is 7.11. The maximum atomic E-state index is 13.0. The molecule has 3 aromatic rings. The van der Waals surface area contributed by atoms with Gasteiger partial charge in [-0.1, -0.05) is 42.5 Å². The highest BCUT2D eigenvalue weighted by Gasteiger charge is 2.39. The number of non-ortho nitro benzene ring substituents is 1. The predicted octanol–water partition coefficient (Wildman–Crippen LogP) is 5.17. The number of nitro benzene ring substituents is 1. The number of carbonyl (C=O) groups excluding carboxylic acids is 1. The van der Waals surface area contributed by atoms with Crippen LogP contribution in [0.4, 0.5) is 5.69 Å². The van der Waals surface area contributed by atoms with Crippen molar-refractivity contribution in [2.75, 3.05) is 0 Å². The number of nitrogens with two attached hydrogens (primary N) is 1. The van der Waals surface area contributed by atoms with Crippen molar-refractivity contribution in [1.29, 1.82) is 0 Å². The van der Waals surface area contributed by atoms with Gasteiger partial charge in [0.05, 0.1) is 16.2 Å². The molecule has 2 heterocycles. The number of hydrogen-bond acceptors (Lipinski definition) is 7. The zero-order chi connectivity index (χ0) is 22.2. The van der Waals surface area contributed by atoms with E-state index in [0.717, 1.165) is 16.8 Å². The second-order valence-electron chi connectivity index (χ2n) is 7.68. The molecule has 32 heavy (non-hydrogen) atoms. The third-order valence-corrected chi connectivity index (χ3v) is 6.60. The highest BCUT2D eigenvalue weighted by atomic mass is 32.1. The van der Waals surface area contributed by atoms with Gasteiger partial charge in [0.1, 0.15) is 10.8 Å². The topological polar surface area (TPSA) is 108 Å². The van der Waals surface area contributed by atoms with E-state index in [2.05, 4.69) is 0 Å². The van der Waals surface area contributed by atoms with E-state index >= 15 is 0 Å². The molecule has 7 nitrogen and oxygen atoms in total. The van der Waals surface area contributed by atoms with Crippen molar-refractivity contribution in [3.63, 3.8) is 0 Å². The van der Waals surface area contributed by atoms with Crippen LogP contribution in [0.5, 0.6) is 0 Å². The first-order valence-corrected chi connectivity index (χ1v) is 11.1. The van der Waals surface area contributed by atoms with Gasteiger partial charge < -0.3 is 10.5 Å². The largest absolute Gasteiger partial charge is 0.445 e. The number of ether oxygens (including phenoxy) is 1. The molecule has 0 bridgehead atoms. The van der Waals surface area contributed by atoms with E-state index in [0.29, 0.717) is 41.2 Å². The molecule has 2 N–H and O–H groups in total. The third kappa shape index (κ3) is 3.48. The molecule has 1 aliphatic carbocycles. The van der Waals surface area contributed by atoms with Gasteiger partial charge in [-0.2, -0.15) is 0 Å². The van der Waals surface area contributed by atoms with Crippen LogP contribution < -0.4 is 5.73 Å². The number of rotatable bonds is 4. The van der Waals surface area contributed by atoms with E-state index in [4.69, 9.17) is 15.5 Å². The molecule has 0 unspecified atom stereocenters.